The Bertz CT molecular complexity index is 957. The number of para-hydroxylation sites is 1. The summed E-state index contributed by atoms with van der Waals surface area (Å²) >= 11 is 0. The molecule has 112 valence electrons. The number of ether oxygens (including phenoxy) is 1. The lowest BCUT2D eigenvalue weighted by atomic mass is 9.99. The van der Waals surface area contributed by atoms with Gasteiger partial charge in [-0.3, -0.25) is 4.79 Å². The van der Waals surface area contributed by atoms with E-state index in [1.54, 1.807) is 7.11 Å². The van der Waals surface area contributed by atoms with Crippen LogP contribution in [-0.2, 0) is 4.79 Å². The SMILES string of the molecule is COc1ccc2ccccc2c1/C=C1/C(=O)Nc2ccccc21. The lowest BCUT2D eigenvalue weighted by Gasteiger charge is -2.09. The fraction of sp³-hybridized carbons (Fsp3) is 0.0500. The number of hydrogen-bond donors (Lipinski definition) is 1. The first-order valence-corrected chi connectivity index (χ1v) is 7.46. The fourth-order valence-electron chi connectivity index (χ4n) is 3.03. The van der Waals surface area contributed by atoms with E-state index in [0.717, 1.165) is 33.3 Å². The molecule has 4 rings (SSSR count). The molecule has 0 atom stereocenters. The van der Waals surface area contributed by atoms with Gasteiger partial charge in [0.1, 0.15) is 5.75 Å². The van der Waals surface area contributed by atoms with Crippen LogP contribution in [0.1, 0.15) is 11.1 Å². The molecule has 0 bridgehead atoms. The number of hydrogen-bond acceptors (Lipinski definition) is 2. The van der Waals surface area contributed by atoms with Crippen molar-refractivity contribution in [3.63, 3.8) is 0 Å². The van der Waals surface area contributed by atoms with Gasteiger partial charge in [-0.25, -0.2) is 0 Å². The molecule has 0 unspecified atom stereocenters. The Morgan fingerprint density at radius 3 is 2.61 bits per heavy atom. The van der Waals surface area contributed by atoms with Gasteiger partial charge in [-0.05, 0) is 29.0 Å². The maximum atomic E-state index is 12.4. The van der Waals surface area contributed by atoms with E-state index < -0.39 is 0 Å². The second kappa shape index (κ2) is 5.29. The smallest absolute Gasteiger partial charge is 0.256 e. The Hall–Kier alpha value is -3.07. The van der Waals surface area contributed by atoms with Gasteiger partial charge in [0.2, 0.25) is 0 Å². The first-order chi connectivity index (χ1) is 11.3. The Morgan fingerprint density at radius 2 is 1.74 bits per heavy atom. The third kappa shape index (κ3) is 2.18. The van der Waals surface area contributed by atoms with E-state index in [0.29, 0.717) is 5.57 Å². The minimum absolute atomic E-state index is 0.0822. The van der Waals surface area contributed by atoms with Gasteiger partial charge in [-0.2, -0.15) is 0 Å². The number of methoxy groups -OCH3 is 1. The van der Waals surface area contributed by atoms with Crippen molar-refractivity contribution in [1.82, 2.24) is 0 Å². The summed E-state index contributed by atoms with van der Waals surface area (Å²) in [6.45, 7) is 0. The number of carbonyl (C=O) groups excluding carboxylic acids is 1. The average Bonchev–Trinajstić information content (AvgIpc) is 2.91. The van der Waals surface area contributed by atoms with Crippen molar-refractivity contribution in [3.8, 4) is 5.75 Å². The van der Waals surface area contributed by atoms with Crippen LogP contribution in [-0.4, -0.2) is 13.0 Å². The molecule has 0 saturated carbocycles. The second-order valence-corrected chi connectivity index (χ2v) is 5.46. The molecule has 3 heteroatoms. The molecule has 0 aromatic heterocycles. The lowest BCUT2D eigenvalue weighted by Crippen LogP contribution is -2.03. The van der Waals surface area contributed by atoms with Gasteiger partial charge in [0, 0.05) is 22.4 Å². The molecule has 1 aliphatic heterocycles. The predicted octanol–water partition coefficient (Wildman–Crippen LogP) is 4.34. The number of rotatable bonds is 2. The van der Waals surface area contributed by atoms with E-state index in [4.69, 9.17) is 4.74 Å². The Kier molecular flexibility index (Phi) is 3.12. The van der Waals surface area contributed by atoms with Crippen molar-refractivity contribution < 1.29 is 9.53 Å². The van der Waals surface area contributed by atoms with E-state index in [2.05, 4.69) is 11.4 Å². The third-order valence-electron chi connectivity index (χ3n) is 4.15. The highest BCUT2D eigenvalue weighted by Gasteiger charge is 2.24. The Morgan fingerprint density at radius 1 is 0.957 bits per heavy atom. The van der Waals surface area contributed by atoms with E-state index >= 15 is 0 Å². The molecule has 23 heavy (non-hydrogen) atoms. The van der Waals surface area contributed by atoms with E-state index in [9.17, 15) is 4.79 Å². The van der Waals surface area contributed by atoms with Crippen LogP contribution in [0, 0.1) is 0 Å². The number of anilines is 1. The van der Waals surface area contributed by atoms with Crippen LogP contribution >= 0.6 is 0 Å². The summed E-state index contributed by atoms with van der Waals surface area (Å²) in [5.74, 6) is 0.676. The first-order valence-electron chi connectivity index (χ1n) is 7.46. The van der Waals surface area contributed by atoms with Crippen molar-refractivity contribution in [2.75, 3.05) is 12.4 Å². The number of amides is 1. The predicted molar refractivity (Wildman–Crippen MR) is 93.4 cm³/mol. The minimum Gasteiger partial charge on any atom is -0.496 e. The van der Waals surface area contributed by atoms with Gasteiger partial charge in [0.15, 0.2) is 0 Å². The minimum atomic E-state index is -0.0822. The molecule has 0 aliphatic carbocycles. The molecule has 0 saturated heterocycles. The molecule has 1 N–H and O–H groups in total. The van der Waals surface area contributed by atoms with Crippen molar-refractivity contribution in [2.24, 2.45) is 0 Å². The van der Waals surface area contributed by atoms with E-state index in [-0.39, 0.29) is 5.91 Å². The zero-order valence-electron chi connectivity index (χ0n) is 12.7. The maximum absolute atomic E-state index is 12.4. The first kappa shape index (κ1) is 13.6. The number of nitrogens with one attached hydrogen (secondary N) is 1. The molecule has 3 aromatic carbocycles. The summed E-state index contributed by atoms with van der Waals surface area (Å²) < 4.78 is 5.51. The lowest BCUT2D eigenvalue weighted by molar-refractivity contribution is -0.110. The summed E-state index contributed by atoms with van der Waals surface area (Å²) in [6, 6.07) is 19.8. The molecule has 0 radical (unpaired) electrons. The van der Waals surface area contributed by atoms with E-state index in [1.807, 2.05) is 60.7 Å². The van der Waals surface area contributed by atoms with Crippen molar-refractivity contribution in [2.45, 2.75) is 0 Å². The van der Waals surface area contributed by atoms with Crippen LogP contribution in [0.25, 0.3) is 22.4 Å². The maximum Gasteiger partial charge on any atom is 0.256 e. The highest BCUT2D eigenvalue weighted by atomic mass is 16.5. The van der Waals surface area contributed by atoms with Crippen LogP contribution in [0.3, 0.4) is 0 Å². The molecule has 0 fully saturated rings. The van der Waals surface area contributed by atoms with E-state index in [1.165, 1.54) is 0 Å². The summed E-state index contributed by atoms with van der Waals surface area (Å²) in [5, 5.41) is 5.09. The molecule has 1 aliphatic rings. The van der Waals surface area contributed by atoms with Gasteiger partial charge in [0.25, 0.3) is 5.91 Å². The zero-order chi connectivity index (χ0) is 15.8. The van der Waals surface area contributed by atoms with Crippen molar-refractivity contribution in [1.29, 1.82) is 0 Å². The molecule has 3 nitrogen and oxygen atoms in total. The van der Waals surface area contributed by atoms with Crippen LogP contribution in [0.5, 0.6) is 5.75 Å². The number of benzene rings is 3. The highest BCUT2D eigenvalue weighted by molar-refractivity contribution is 6.35. The summed E-state index contributed by atoms with van der Waals surface area (Å²) in [7, 11) is 1.65. The standard InChI is InChI=1S/C20H15NO2/c1-23-19-11-10-13-6-2-3-7-14(13)16(19)12-17-15-8-4-5-9-18(15)21-20(17)22/h2-12H,1H3,(H,21,22)/b17-12+. The Balaban J connectivity index is 1.98. The van der Waals surface area contributed by atoms with Crippen molar-refractivity contribution in [3.05, 3.63) is 71.8 Å². The summed E-state index contributed by atoms with van der Waals surface area (Å²) in [5.41, 5.74) is 3.36. The molecule has 1 heterocycles. The van der Waals surface area contributed by atoms with Gasteiger partial charge in [-0.1, -0.05) is 48.5 Å². The van der Waals surface area contributed by atoms with Gasteiger partial charge in [0.05, 0.1) is 7.11 Å². The van der Waals surface area contributed by atoms with Gasteiger partial charge in [-0.15, -0.1) is 0 Å². The van der Waals surface area contributed by atoms with Gasteiger partial charge >= 0.3 is 0 Å². The van der Waals surface area contributed by atoms with Crippen molar-refractivity contribution >= 4 is 34.0 Å². The molecule has 3 aromatic rings. The summed E-state index contributed by atoms with van der Waals surface area (Å²) in [6.07, 6.45) is 1.92. The largest absolute Gasteiger partial charge is 0.496 e. The zero-order valence-corrected chi connectivity index (χ0v) is 12.7. The highest BCUT2D eigenvalue weighted by Crippen LogP contribution is 2.36. The molecule has 0 spiro atoms. The van der Waals surface area contributed by atoms with Crippen LogP contribution in [0.15, 0.2) is 60.7 Å². The van der Waals surface area contributed by atoms with Crippen LogP contribution in [0.4, 0.5) is 5.69 Å². The molecular weight excluding hydrogens is 286 g/mol. The monoisotopic (exact) mass is 301 g/mol. The Labute approximate surface area is 134 Å². The number of fused-ring (bicyclic) bond motifs is 2. The second-order valence-electron chi connectivity index (χ2n) is 5.46. The van der Waals surface area contributed by atoms with Gasteiger partial charge < -0.3 is 10.1 Å². The molecular formula is C20H15NO2. The molecule has 1 amide bonds. The number of carbonyl (C=O) groups is 1. The fourth-order valence-corrected chi connectivity index (χ4v) is 3.03. The normalized spacial score (nSPS) is 14.8. The average molecular weight is 301 g/mol. The summed E-state index contributed by atoms with van der Waals surface area (Å²) in [4.78, 5) is 12.4. The third-order valence-corrected chi connectivity index (χ3v) is 4.15. The van der Waals surface area contributed by atoms with Crippen LogP contribution < -0.4 is 10.1 Å². The topological polar surface area (TPSA) is 38.3 Å². The van der Waals surface area contributed by atoms with Crippen LogP contribution in [0.2, 0.25) is 0 Å². The quantitative estimate of drug-likeness (QED) is 0.715.